The third-order valence-electron chi connectivity index (χ3n) is 1.48. The van der Waals surface area contributed by atoms with Crippen LogP contribution in [0.3, 0.4) is 0 Å². The average Bonchev–Trinajstić information content (AvgIpc) is 1.88. The molecule has 0 radical (unpaired) electrons. The van der Waals surface area contributed by atoms with Crippen molar-refractivity contribution < 1.29 is 14.6 Å². The summed E-state index contributed by atoms with van der Waals surface area (Å²) in [6, 6.07) is 0. The highest BCUT2D eigenvalue weighted by Gasteiger charge is 2.27. The van der Waals surface area contributed by atoms with Gasteiger partial charge in [0.15, 0.2) is 5.60 Å². The molecule has 0 aromatic heterocycles. The number of hydrogen-bond donors (Lipinski definition) is 1. The number of hydrogen-bond acceptors (Lipinski definition) is 2. The van der Waals surface area contributed by atoms with Crippen LogP contribution in [-0.4, -0.2) is 23.3 Å². The lowest BCUT2D eigenvalue weighted by Gasteiger charge is -2.19. The van der Waals surface area contributed by atoms with E-state index in [9.17, 15) is 4.79 Å². The Bertz CT molecular complexity index is 129. The number of carboxylic acid groups (broad SMARTS) is 1. The van der Waals surface area contributed by atoms with Gasteiger partial charge in [0.2, 0.25) is 0 Å². The number of aliphatic carboxylic acids is 1. The minimum absolute atomic E-state index is 0.524. The summed E-state index contributed by atoms with van der Waals surface area (Å²) in [4.78, 5) is 10.5. The summed E-state index contributed by atoms with van der Waals surface area (Å²) >= 11 is 0. The maximum Gasteiger partial charge on any atom is 0.335 e. The van der Waals surface area contributed by atoms with E-state index < -0.39 is 11.6 Å². The van der Waals surface area contributed by atoms with E-state index >= 15 is 0 Å². The third kappa shape index (κ3) is 3.98. The second kappa shape index (κ2) is 4.34. The van der Waals surface area contributed by atoms with Crippen LogP contribution in [0, 0.1) is 0 Å². The first-order valence-corrected chi connectivity index (χ1v) is 3.88. The Kier molecular flexibility index (Phi) is 4.11. The molecule has 11 heavy (non-hydrogen) atoms. The fourth-order valence-corrected chi connectivity index (χ4v) is 0.533. The summed E-state index contributed by atoms with van der Waals surface area (Å²) < 4.78 is 5.13. The predicted molar refractivity (Wildman–Crippen MR) is 42.6 cm³/mol. The molecule has 0 aliphatic heterocycles. The fourth-order valence-electron chi connectivity index (χ4n) is 0.533. The van der Waals surface area contributed by atoms with E-state index in [1.807, 2.05) is 6.92 Å². The molecular weight excluding hydrogens is 144 g/mol. The molecule has 3 nitrogen and oxygen atoms in total. The molecule has 0 amide bonds. The van der Waals surface area contributed by atoms with Gasteiger partial charge >= 0.3 is 5.97 Å². The Labute approximate surface area is 67.4 Å². The molecule has 1 N–H and O–H groups in total. The van der Waals surface area contributed by atoms with Crippen molar-refractivity contribution in [1.29, 1.82) is 0 Å². The monoisotopic (exact) mass is 160 g/mol. The fraction of sp³-hybridized carbons (Fsp3) is 0.875. The van der Waals surface area contributed by atoms with Crippen molar-refractivity contribution in [3.8, 4) is 0 Å². The molecular formula is C8H16O3. The Morgan fingerprint density at radius 2 is 2.09 bits per heavy atom. The molecule has 0 atom stereocenters. The zero-order valence-electron chi connectivity index (χ0n) is 7.39. The minimum Gasteiger partial charge on any atom is -0.479 e. The molecule has 0 rings (SSSR count). The standard InChI is InChI=1S/C8H16O3/c1-4-5-6-11-8(2,3)7(9)10/h4-6H2,1-3H3,(H,9,10). The van der Waals surface area contributed by atoms with E-state index in [0.717, 1.165) is 12.8 Å². The second-order valence-corrected chi connectivity index (χ2v) is 3.02. The highest BCUT2D eigenvalue weighted by molar-refractivity contribution is 5.76. The summed E-state index contributed by atoms with van der Waals surface area (Å²) in [6.45, 7) is 5.68. The van der Waals surface area contributed by atoms with Crippen LogP contribution in [0.2, 0.25) is 0 Å². The Morgan fingerprint density at radius 3 is 2.45 bits per heavy atom. The summed E-state index contributed by atoms with van der Waals surface area (Å²) in [5.74, 6) is -0.909. The molecule has 0 fully saturated rings. The highest BCUT2D eigenvalue weighted by Crippen LogP contribution is 2.09. The predicted octanol–water partition coefficient (Wildman–Crippen LogP) is 1.67. The van der Waals surface area contributed by atoms with E-state index in [2.05, 4.69) is 0 Å². The van der Waals surface area contributed by atoms with E-state index in [1.165, 1.54) is 0 Å². The van der Waals surface area contributed by atoms with E-state index in [-0.39, 0.29) is 0 Å². The van der Waals surface area contributed by atoms with Gasteiger partial charge in [0.1, 0.15) is 0 Å². The van der Waals surface area contributed by atoms with Crippen LogP contribution in [0.25, 0.3) is 0 Å². The molecule has 0 bridgehead atoms. The van der Waals surface area contributed by atoms with E-state index in [4.69, 9.17) is 9.84 Å². The topological polar surface area (TPSA) is 46.5 Å². The molecule has 66 valence electrons. The molecule has 0 aromatic carbocycles. The minimum atomic E-state index is -1.03. The summed E-state index contributed by atoms with van der Waals surface area (Å²) in [6.07, 6.45) is 1.94. The number of rotatable bonds is 5. The van der Waals surface area contributed by atoms with Gasteiger partial charge in [-0.2, -0.15) is 0 Å². The van der Waals surface area contributed by atoms with Crippen LogP contribution in [0.4, 0.5) is 0 Å². The van der Waals surface area contributed by atoms with Crippen molar-refractivity contribution in [3.05, 3.63) is 0 Å². The number of carbonyl (C=O) groups is 1. The van der Waals surface area contributed by atoms with Gasteiger partial charge in [-0.05, 0) is 20.3 Å². The zero-order valence-corrected chi connectivity index (χ0v) is 7.39. The Balaban J connectivity index is 3.64. The van der Waals surface area contributed by atoms with Crippen molar-refractivity contribution in [2.75, 3.05) is 6.61 Å². The van der Waals surface area contributed by atoms with Gasteiger partial charge in [-0.15, -0.1) is 0 Å². The highest BCUT2D eigenvalue weighted by atomic mass is 16.5. The SMILES string of the molecule is CCCCOC(C)(C)C(=O)O. The van der Waals surface area contributed by atoms with Gasteiger partial charge in [0.05, 0.1) is 0 Å². The first-order valence-electron chi connectivity index (χ1n) is 3.88. The molecule has 0 aromatic rings. The lowest BCUT2D eigenvalue weighted by molar-refractivity contribution is -0.161. The maximum absolute atomic E-state index is 10.5. The molecule has 0 heterocycles. The molecule has 3 heteroatoms. The van der Waals surface area contributed by atoms with Crippen molar-refractivity contribution >= 4 is 5.97 Å². The molecule has 0 saturated heterocycles. The van der Waals surface area contributed by atoms with Gasteiger partial charge in [-0.25, -0.2) is 4.79 Å². The summed E-state index contributed by atoms with van der Waals surface area (Å²) in [5, 5.41) is 8.62. The Hall–Kier alpha value is -0.570. The summed E-state index contributed by atoms with van der Waals surface area (Å²) in [5.41, 5.74) is -1.03. The largest absolute Gasteiger partial charge is 0.479 e. The van der Waals surface area contributed by atoms with Gasteiger partial charge < -0.3 is 9.84 Å². The van der Waals surface area contributed by atoms with E-state index in [1.54, 1.807) is 13.8 Å². The number of carboxylic acids is 1. The lowest BCUT2D eigenvalue weighted by atomic mass is 10.1. The second-order valence-electron chi connectivity index (χ2n) is 3.02. The quantitative estimate of drug-likeness (QED) is 0.622. The van der Waals surface area contributed by atoms with Crippen LogP contribution >= 0.6 is 0 Å². The third-order valence-corrected chi connectivity index (χ3v) is 1.48. The van der Waals surface area contributed by atoms with Crippen molar-refractivity contribution in [3.63, 3.8) is 0 Å². The molecule has 0 aliphatic carbocycles. The molecule has 0 aliphatic rings. The zero-order chi connectivity index (χ0) is 8.91. The van der Waals surface area contributed by atoms with Crippen LogP contribution in [0.1, 0.15) is 33.6 Å². The normalized spacial score (nSPS) is 11.5. The van der Waals surface area contributed by atoms with E-state index in [0.29, 0.717) is 6.61 Å². The van der Waals surface area contributed by atoms with Crippen molar-refractivity contribution in [1.82, 2.24) is 0 Å². The first kappa shape index (κ1) is 10.4. The van der Waals surface area contributed by atoms with Gasteiger partial charge in [-0.1, -0.05) is 13.3 Å². The molecule has 0 unspecified atom stereocenters. The number of unbranched alkanes of at least 4 members (excludes halogenated alkanes) is 1. The van der Waals surface area contributed by atoms with Gasteiger partial charge in [0, 0.05) is 6.61 Å². The van der Waals surface area contributed by atoms with Gasteiger partial charge in [-0.3, -0.25) is 0 Å². The smallest absolute Gasteiger partial charge is 0.335 e. The van der Waals surface area contributed by atoms with Crippen LogP contribution < -0.4 is 0 Å². The first-order chi connectivity index (χ1) is 5.00. The van der Waals surface area contributed by atoms with Crippen molar-refractivity contribution in [2.24, 2.45) is 0 Å². The van der Waals surface area contributed by atoms with Crippen LogP contribution in [-0.2, 0) is 9.53 Å². The summed E-state index contributed by atoms with van der Waals surface area (Å²) in [7, 11) is 0. The Morgan fingerprint density at radius 1 is 1.55 bits per heavy atom. The average molecular weight is 160 g/mol. The van der Waals surface area contributed by atoms with Crippen LogP contribution in [0.5, 0.6) is 0 Å². The maximum atomic E-state index is 10.5. The van der Waals surface area contributed by atoms with Gasteiger partial charge in [0.25, 0.3) is 0 Å². The number of ether oxygens (including phenoxy) is 1. The van der Waals surface area contributed by atoms with Crippen molar-refractivity contribution in [2.45, 2.75) is 39.2 Å². The lowest BCUT2D eigenvalue weighted by Crippen LogP contribution is -2.34. The van der Waals surface area contributed by atoms with Crippen LogP contribution in [0.15, 0.2) is 0 Å². The molecule has 0 spiro atoms. The molecule has 0 saturated carbocycles.